The molecule has 0 fully saturated rings. The molecular weight excluding hydrogens is 294 g/mol. The van der Waals surface area contributed by atoms with E-state index in [9.17, 15) is 0 Å². The topological polar surface area (TPSA) is 22.1 Å². The Bertz CT molecular complexity index is 902. The van der Waals surface area contributed by atoms with E-state index in [0.29, 0.717) is 0 Å². The number of ether oxygens (including phenoxy) is 1. The number of benzene rings is 2. The van der Waals surface area contributed by atoms with Gasteiger partial charge < -0.3 is 4.74 Å². The molecular formula is C19H16ClNO. The second-order valence-corrected chi connectivity index (χ2v) is 6.17. The summed E-state index contributed by atoms with van der Waals surface area (Å²) in [6.45, 7) is 2.13. The van der Waals surface area contributed by atoms with Crippen LogP contribution in [0.4, 0.5) is 0 Å². The van der Waals surface area contributed by atoms with Crippen LogP contribution in [0.25, 0.3) is 22.2 Å². The molecule has 0 radical (unpaired) electrons. The summed E-state index contributed by atoms with van der Waals surface area (Å²) in [4.78, 5) is 4.88. The van der Waals surface area contributed by atoms with Gasteiger partial charge in [-0.25, -0.2) is 4.98 Å². The molecule has 1 aromatic heterocycles. The minimum atomic E-state index is 0.808. The van der Waals surface area contributed by atoms with E-state index in [1.54, 1.807) is 7.11 Å². The van der Waals surface area contributed by atoms with E-state index in [0.717, 1.165) is 45.8 Å². The minimum absolute atomic E-state index is 0.808. The summed E-state index contributed by atoms with van der Waals surface area (Å²) < 4.78 is 5.30. The number of aryl methyl sites for hydroxylation is 2. The molecule has 1 aliphatic carbocycles. The largest absolute Gasteiger partial charge is 0.497 e. The fourth-order valence-electron chi connectivity index (χ4n) is 3.24. The number of pyridine rings is 1. The minimum Gasteiger partial charge on any atom is -0.497 e. The Hall–Kier alpha value is -2.06. The molecule has 0 N–H and O–H groups in total. The third-order valence-corrected chi connectivity index (χ3v) is 4.82. The van der Waals surface area contributed by atoms with Crippen molar-refractivity contribution >= 4 is 22.5 Å². The maximum absolute atomic E-state index is 6.69. The fourth-order valence-corrected chi connectivity index (χ4v) is 3.58. The third kappa shape index (κ3) is 1.98. The first-order valence-corrected chi connectivity index (χ1v) is 7.81. The van der Waals surface area contributed by atoms with Crippen molar-refractivity contribution in [3.63, 3.8) is 0 Å². The lowest BCUT2D eigenvalue weighted by molar-refractivity contribution is 0.415. The first-order chi connectivity index (χ1) is 10.7. The number of methoxy groups -OCH3 is 1. The van der Waals surface area contributed by atoms with Gasteiger partial charge in [-0.2, -0.15) is 0 Å². The average Bonchev–Trinajstić information content (AvgIpc) is 2.54. The van der Waals surface area contributed by atoms with Crippen LogP contribution in [0, 0.1) is 6.92 Å². The summed E-state index contributed by atoms with van der Waals surface area (Å²) in [6, 6.07) is 12.4. The molecule has 1 heterocycles. The van der Waals surface area contributed by atoms with Crippen molar-refractivity contribution in [1.29, 1.82) is 0 Å². The molecule has 0 aliphatic heterocycles. The Morgan fingerprint density at radius 2 is 1.95 bits per heavy atom. The van der Waals surface area contributed by atoms with E-state index in [-0.39, 0.29) is 0 Å². The fraction of sp³-hybridized carbons (Fsp3) is 0.211. The van der Waals surface area contributed by atoms with Crippen molar-refractivity contribution in [2.24, 2.45) is 0 Å². The Morgan fingerprint density at radius 1 is 1.09 bits per heavy atom. The van der Waals surface area contributed by atoms with E-state index >= 15 is 0 Å². The van der Waals surface area contributed by atoms with Gasteiger partial charge in [0.15, 0.2) is 0 Å². The van der Waals surface area contributed by atoms with E-state index in [4.69, 9.17) is 21.3 Å². The molecule has 3 heteroatoms. The van der Waals surface area contributed by atoms with E-state index in [1.165, 1.54) is 16.7 Å². The number of hydrogen-bond acceptors (Lipinski definition) is 2. The zero-order valence-corrected chi connectivity index (χ0v) is 13.4. The van der Waals surface area contributed by atoms with Crippen LogP contribution in [0.3, 0.4) is 0 Å². The molecule has 0 bridgehead atoms. The van der Waals surface area contributed by atoms with Crippen LogP contribution in [0.2, 0.25) is 5.02 Å². The van der Waals surface area contributed by atoms with Crippen molar-refractivity contribution in [1.82, 2.24) is 4.98 Å². The van der Waals surface area contributed by atoms with Gasteiger partial charge in [0.2, 0.25) is 0 Å². The molecule has 0 unspecified atom stereocenters. The summed E-state index contributed by atoms with van der Waals surface area (Å²) in [6.07, 6.45) is 1.95. The molecule has 4 rings (SSSR count). The van der Waals surface area contributed by atoms with Gasteiger partial charge in [0.25, 0.3) is 0 Å². The molecule has 0 atom stereocenters. The second kappa shape index (κ2) is 4.99. The lowest BCUT2D eigenvalue weighted by Gasteiger charge is -2.21. The van der Waals surface area contributed by atoms with Crippen LogP contribution in [0.5, 0.6) is 5.75 Å². The van der Waals surface area contributed by atoms with Gasteiger partial charge in [0.05, 0.1) is 23.3 Å². The molecule has 0 amide bonds. The highest BCUT2D eigenvalue weighted by Crippen LogP contribution is 2.40. The molecule has 2 aromatic carbocycles. The summed E-state index contributed by atoms with van der Waals surface area (Å²) in [5.41, 5.74) is 6.97. The Balaban J connectivity index is 2.02. The maximum Gasteiger partial charge on any atom is 0.119 e. The lowest BCUT2D eigenvalue weighted by atomic mass is 9.87. The van der Waals surface area contributed by atoms with E-state index in [2.05, 4.69) is 25.1 Å². The van der Waals surface area contributed by atoms with Crippen LogP contribution in [0.15, 0.2) is 36.4 Å². The molecule has 0 saturated carbocycles. The van der Waals surface area contributed by atoms with Gasteiger partial charge in [0, 0.05) is 10.9 Å². The zero-order valence-electron chi connectivity index (χ0n) is 12.6. The van der Waals surface area contributed by atoms with Gasteiger partial charge >= 0.3 is 0 Å². The molecule has 2 nitrogen and oxygen atoms in total. The van der Waals surface area contributed by atoms with Crippen molar-refractivity contribution in [2.45, 2.75) is 19.8 Å². The summed E-state index contributed by atoms with van der Waals surface area (Å²) in [7, 11) is 1.67. The van der Waals surface area contributed by atoms with Gasteiger partial charge in [-0.05, 0) is 49.1 Å². The van der Waals surface area contributed by atoms with Crippen LogP contribution >= 0.6 is 11.6 Å². The SMILES string of the molecule is COc1ccc2nc3c(c(Cl)c2c1)CCc1cc(C)ccc1-3. The number of nitrogens with zero attached hydrogens (tertiary/aromatic N) is 1. The zero-order chi connectivity index (χ0) is 15.3. The first-order valence-electron chi connectivity index (χ1n) is 7.43. The highest BCUT2D eigenvalue weighted by molar-refractivity contribution is 6.36. The number of rotatable bonds is 1. The number of aromatic nitrogens is 1. The third-order valence-electron chi connectivity index (χ3n) is 4.38. The summed E-state index contributed by atoms with van der Waals surface area (Å²) in [5, 5.41) is 1.78. The smallest absolute Gasteiger partial charge is 0.119 e. The number of fused-ring (bicyclic) bond motifs is 4. The quantitative estimate of drug-likeness (QED) is 0.633. The summed E-state index contributed by atoms with van der Waals surface area (Å²) >= 11 is 6.69. The average molecular weight is 310 g/mol. The predicted molar refractivity (Wildman–Crippen MR) is 90.9 cm³/mol. The highest BCUT2D eigenvalue weighted by Gasteiger charge is 2.22. The molecule has 0 spiro atoms. The molecule has 3 aromatic rings. The summed E-state index contributed by atoms with van der Waals surface area (Å²) in [5.74, 6) is 0.808. The van der Waals surface area contributed by atoms with Gasteiger partial charge in [-0.3, -0.25) is 0 Å². The predicted octanol–water partition coefficient (Wildman–Crippen LogP) is 4.97. The standard InChI is InChI=1S/C19H16ClNO/c1-11-3-6-14-12(9-11)4-7-15-18(20)16-10-13(22-2)5-8-17(16)21-19(14)15/h3,5-6,8-10H,4,7H2,1-2H3. The van der Waals surface area contributed by atoms with Crippen molar-refractivity contribution in [3.05, 3.63) is 58.1 Å². The molecule has 0 saturated heterocycles. The molecule has 22 heavy (non-hydrogen) atoms. The van der Waals surface area contributed by atoms with Gasteiger partial charge in [-0.15, -0.1) is 0 Å². The normalized spacial score (nSPS) is 12.9. The van der Waals surface area contributed by atoms with E-state index < -0.39 is 0 Å². The Kier molecular flexibility index (Phi) is 3.08. The van der Waals surface area contributed by atoms with Gasteiger partial charge in [0.1, 0.15) is 5.75 Å². The van der Waals surface area contributed by atoms with Crippen LogP contribution < -0.4 is 4.74 Å². The maximum atomic E-state index is 6.69. The molecule has 1 aliphatic rings. The number of hydrogen-bond donors (Lipinski definition) is 0. The van der Waals surface area contributed by atoms with Crippen molar-refractivity contribution in [3.8, 4) is 17.0 Å². The number of halogens is 1. The Labute approximate surface area is 134 Å². The van der Waals surface area contributed by atoms with E-state index in [1.807, 2.05) is 18.2 Å². The monoisotopic (exact) mass is 309 g/mol. The van der Waals surface area contributed by atoms with Crippen molar-refractivity contribution < 1.29 is 4.74 Å². The molecule has 110 valence electrons. The second-order valence-electron chi connectivity index (χ2n) is 5.80. The Morgan fingerprint density at radius 3 is 2.77 bits per heavy atom. The van der Waals surface area contributed by atoms with Gasteiger partial charge in [-0.1, -0.05) is 35.4 Å². The highest BCUT2D eigenvalue weighted by atomic mass is 35.5. The van der Waals surface area contributed by atoms with Crippen LogP contribution in [0.1, 0.15) is 16.7 Å². The lowest BCUT2D eigenvalue weighted by Crippen LogP contribution is -2.07. The van der Waals surface area contributed by atoms with Crippen molar-refractivity contribution in [2.75, 3.05) is 7.11 Å². The van der Waals surface area contributed by atoms with Crippen LogP contribution in [-0.4, -0.2) is 12.1 Å². The van der Waals surface area contributed by atoms with Crippen LogP contribution in [-0.2, 0) is 12.8 Å². The first kappa shape index (κ1) is 13.6.